The van der Waals surface area contributed by atoms with Gasteiger partial charge < -0.3 is 66.6 Å². The van der Waals surface area contributed by atoms with Gasteiger partial charge in [-0.3, -0.25) is 38.6 Å². The van der Waals surface area contributed by atoms with Crippen molar-refractivity contribution in [3.8, 4) is 46.0 Å². The van der Waals surface area contributed by atoms with E-state index in [1.54, 1.807) is 24.3 Å². The first-order valence-corrected chi connectivity index (χ1v) is 47.2. The van der Waals surface area contributed by atoms with Crippen LogP contribution in [-0.2, 0) is 88.3 Å². The minimum absolute atomic E-state index is 0.00759. The van der Waals surface area contributed by atoms with E-state index in [1.807, 2.05) is 97.1 Å². The Morgan fingerprint density at radius 3 is 0.713 bits per heavy atom. The molecule has 0 spiro atoms. The number of fused-ring (bicyclic) bond motifs is 2. The van der Waals surface area contributed by atoms with Crippen LogP contribution in [-0.4, -0.2) is 196 Å². The van der Waals surface area contributed by atoms with E-state index in [9.17, 15) is 19.2 Å². The van der Waals surface area contributed by atoms with Gasteiger partial charge in [-0.1, -0.05) is 230 Å². The molecule has 6 amide bonds. The molecule has 9 aromatic rings. The summed E-state index contributed by atoms with van der Waals surface area (Å²) in [6.45, 7) is 36.3. The lowest BCUT2D eigenvalue weighted by Gasteiger charge is -2.40. The van der Waals surface area contributed by atoms with Gasteiger partial charge in [-0.2, -0.15) is 0 Å². The first kappa shape index (κ1) is 102. The SMILES string of the molecule is C=C(Cl)C(=O)OCCOCCN(CCOCCOC(=O)C(=C)Cl)C(=O)C(C1CCCC1)N1C(=O)c2cc(Oc3ccc(C(C)(C)C)cc3)c3c4c(Oc5ccc(C(C)(C)C)cc5)cc5c6c(cc(Oc7ccc(C(C)(C)C)cc7)c(c7c(Oc8ccc(C(C)(C)C)cc8)cc(c2c37)C1=O)c64)C(=O)N(C(C(=O)N(CCOCCOC(=O)C(=C)Cl)CCOCCOC(=O)C(=C)Cl)C1CCCC1)C5=O. The molecule has 30 heteroatoms. The van der Waals surface area contributed by atoms with E-state index in [0.29, 0.717) is 51.4 Å². The van der Waals surface area contributed by atoms with Crippen LogP contribution in [0, 0.1) is 11.8 Å². The van der Waals surface area contributed by atoms with Crippen LogP contribution in [0.15, 0.2) is 168 Å². The molecule has 2 heterocycles. The van der Waals surface area contributed by atoms with Gasteiger partial charge in [0.05, 0.1) is 75.1 Å². The number of rotatable bonds is 42. The molecule has 2 atom stereocenters. The van der Waals surface area contributed by atoms with E-state index in [1.165, 1.54) is 9.80 Å². The third-order valence-electron chi connectivity index (χ3n) is 24.9. The topological polar surface area (TPSA) is 294 Å². The Morgan fingerprint density at radius 1 is 0.316 bits per heavy atom. The Morgan fingerprint density at radius 2 is 0.522 bits per heavy atom. The number of esters is 4. The molecule has 2 aliphatic carbocycles. The number of imide groups is 2. The Balaban J connectivity index is 1.10. The van der Waals surface area contributed by atoms with Crippen molar-refractivity contribution in [3.63, 3.8) is 0 Å². The average molecular weight is 1940 g/mol. The van der Waals surface area contributed by atoms with Crippen molar-refractivity contribution >= 4 is 149 Å². The number of hydrogen-bond acceptors (Lipinski definition) is 22. The van der Waals surface area contributed by atoms with Gasteiger partial charge in [0.2, 0.25) is 11.8 Å². The number of carbonyl (C=O) groups is 10. The maximum absolute atomic E-state index is 17.2. The number of benzene rings is 9. The highest BCUT2D eigenvalue weighted by atomic mass is 35.5. The highest BCUT2D eigenvalue weighted by molar-refractivity contribution is 6.46. The Bertz CT molecular complexity index is 5400. The summed E-state index contributed by atoms with van der Waals surface area (Å²) in [7, 11) is 0. The van der Waals surface area contributed by atoms with Gasteiger partial charge in [-0.25, -0.2) is 19.2 Å². The van der Waals surface area contributed by atoms with E-state index in [2.05, 4.69) is 109 Å². The highest BCUT2D eigenvalue weighted by Crippen LogP contribution is 2.59. The zero-order chi connectivity index (χ0) is 98.2. The zero-order valence-corrected chi connectivity index (χ0v) is 82.0. The highest BCUT2D eigenvalue weighted by Gasteiger charge is 2.51. The number of ether oxygens (including phenoxy) is 12. The van der Waals surface area contributed by atoms with E-state index >= 15 is 28.8 Å². The fraction of sp³-hybridized carbons (Fsp3) is 0.415. The van der Waals surface area contributed by atoms with Crippen molar-refractivity contribution in [2.75, 3.05) is 105 Å². The maximum atomic E-state index is 17.2. The van der Waals surface area contributed by atoms with Crippen LogP contribution in [0.1, 0.15) is 198 Å². The van der Waals surface area contributed by atoms with Gasteiger partial charge in [0.15, 0.2) is 0 Å². The Kier molecular flexibility index (Phi) is 32.6. The average Bonchev–Trinajstić information content (AvgIpc) is 0.743. The molecular weight excluding hydrogens is 1820 g/mol. The lowest BCUT2D eigenvalue weighted by molar-refractivity contribution is -0.142. The minimum Gasteiger partial charge on any atom is -0.459 e. The second kappa shape index (κ2) is 43.5. The van der Waals surface area contributed by atoms with Gasteiger partial charge in [0.1, 0.15) is 105 Å². The van der Waals surface area contributed by atoms with Crippen LogP contribution in [0.25, 0.3) is 43.1 Å². The molecule has 0 aromatic heterocycles. The summed E-state index contributed by atoms with van der Waals surface area (Å²) in [6.07, 6.45) is 4.27. The molecule has 13 rings (SSSR count). The van der Waals surface area contributed by atoms with Gasteiger partial charge in [-0.05, 0) is 154 Å². The van der Waals surface area contributed by atoms with Gasteiger partial charge in [0, 0.05) is 69.3 Å². The van der Waals surface area contributed by atoms with Crippen LogP contribution in [0.2, 0.25) is 0 Å². The van der Waals surface area contributed by atoms with Gasteiger partial charge in [-0.15, -0.1) is 0 Å². The lowest BCUT2D eigenvalue weighted by Crippen LogP contribution is -2.58. The first-order valence-electron chi connectivity index (χ1n) is 45.7. The molecule has 0 saturated heterocycles. The number of nitrogens with zero attached hydrogens (tertiary/aromatic N) is 4. The predicted molar refractivity (Wildman–Crippen MR) is 521 cm³/mol. The first-order chi connectivity index (χ1) is 64.5. The molecule has 0 N–H and O–H groups in total. The fourth-order valence-electron chi connectivity index (χ4n) is 17.8. The molecule has 2 unspecified atom stereocenters. The third kappa shape index (κ3) is 23.3. The van der Waals surface area contributed by atoms with E-state index in [0.717, 1.165) is 32.1 Å². The van der Waals surface area contributed by atoms with Crippen molar-refractivity contribution in [2.45, 2.75) is 168 Å². The number of halogens is 4. The van der Waals surface area contributed by atoms with Crippen molar-refractivity contribution in [1.82, 2.24) is 19.6 Å². The molecule has 136 heavy (non-hydrogen) atoms. The summed E-state index contributed by atoms with van der Waals surface area (Å²) >= 11 is 23.3. The molecule has 0 radical (unpaired) electrons. The molecule has 9 aromatic carbocycles. The smallest absolute Gasteiger partial charge is 0.349 e. The van der Waals surface area contributed by atoms with Crippen LogP contribution in [0.3, 0.4) is 0 Å². The van der Waals surface area contributed by atoms with Crippen LogP contribution >= 0.6 is 46.4 Å². The van der Waals surface area contributed by atoms with Crippen LogP contribution in [0.4, 0.5) is 0 Å². The van der Waals surface area contributed by atoms with Crippen molar-refractivity contribution in [3.05, 3.63) is 212 Å². The number of carbonyl (C=O) groups excluding carboxylic acids is 10. The Labute approximate surface area is 811 Å². The molecule has 2 saturated carbocycles. The molecule has 26 nitrogen and oxygen atoms in total. The molecule has 2 fully saturated rings. The Hall–Kier alpha value is -11.5. The number of hydrogen-bond donors (Lipinski definition) is 0. The standard InChI is InChI=1S/C106H116Cl4N4O22/c1-61(107)99(121)129-53-49-125-45-41-111(42-46-126-50-54-130-100(122)62(2)108)97(119)91(65-21-17-18-22-65)113-93(115)75-57-79(133-71-33-25-67(26-34-71)103(5,6)7)85-87-81(135-73-37-29-69(30-38-73)105(11,12)13)59-77-84-78(96(118)114(95(77)117)92(66-23-19-20-24-66)98(120)112(43-47-127-51-55-131-101(123)63(3)109)44-48-128-52-56-132-102(124)64(4)110)60-82(136-74-39-31-70(32-40-74)106(14,15)16)88(90(84)87)86-80(58-76(94(113)116)83(75)89(85)86)134-72-35-27-68(28-36-72)104(8,9)10/h25-40,57-60,65-66,91-92H,1-4,17-24,41-56H2,5-16H3. The molecule has 720 valence electrons. The van der Waals surface area contributed by atoms with E-state index < -0.39 is 83.2 Å². The van der Waals surface area contributed by atoms with Crippen molar-refractivity contribution in [2.24, 2.45) is 11.8 Å². The van der Waals surface area contributed by atoms with Crippen LogP contribution in [0.5, 0.6) is 46.0 Å². The van der Waals surface area contributed by atoms with E-state index in [4.69, 9.17) is 103 Å². The monoisotopic (exact) mass is 1940 g/mol. The summed E-state index contributed by atoms with van der Waals surface area (Å²) in [5.74, 6) is -8.16. The molecule has 0 bridgehead atoms. The van der Waals surface area contributed by atoms with Crippen LogP contribution < -0.4 is 18.9 Å². The van der Waals surface area contributed by atoms with Crippen molar-refractivity contribution in [1.29, 1.82) is 0 Å². The summed E-state index contributed by atoms with van der Waals surface area (Å²) in [4.78, 5) is 156. The molecule has 4 aliphatic rings. The summed E-state index contributed by atoms with van der Waals surface area (Å²) in [6, 6.07) is 33.3. The normalized spacial score (nSPS) is 14.7. The van der Waals surface area contributed by atoms with Crippen molar-refractivity contribution < 1.29 is 105 Å². The molecular formula is C106H116Cl4N4O22. The van der Waals surface area contributed by atoms with Gasteiger partial charge >= 0.3 is 23.9 Å². The minimum atomic E-state index is -1.50. The lowest BCUT2D eigenvalue weighted by atomic mass is 9.79. The largest absolute Gasteiger partial charge is 0.459 e. The van der Waals surface area contributed by atoms with E-state index in [-0.39, 0.29) is 259 Å². The molecule has 2 aliphatic heterocycles. The zero-order valence-electron chi connectivity index (χ0n) is 78.9. The summed E-state index contributed by atoms with van der Waals surface area (Å²) < 4.78 is 74.7. The summed E-state index contributed by atoms with van der Waals surface area (Å²) in [5.41, 5.74) is 2.14. The maximum Gasteiger partial charge on any atom is 0.349 e. The third-order valence-corrected chi connectivity index (χ3v) is 25.5. The second-order valence-electron chi connectivity index (χ2n) is 38.4. The van der Waals surface area contributed by atoms with Gasteiger partial charge in [0.25, 0.3) is 23.6 Å². The predicted octanol–water partition coefficient (Wildman–Crippen LogP) is 21.3. The fourth-order valence-corrected chi connectivity index (χ4v) is 18.0. The quantitative estimate of drug-likeness (QED) is 0.00653. The summed E-state index contributed by atoms with van der Waals surface area (Å²) in [5, 5.41) is 0.118. The second-order valence-corrected chi connectivity index (χ2v) is 40.2. The number of amides is 6.